The molecule has 1 aliphatic rings. The molecule has 1 aliphatic carbocycles. The van der Waals surface area contributed by atoms with Crippen LogP contribution in [-0.2, 0) is 4.79 Å². The lowest BCUT2D eigenvalue weighted by atomic mass is 9.89. The average molecular weight is 374 g/mol. The van der Waals surface area contributed by atoms with Gasteiger partial charge in [-0.25, -0.2) is 0 Å². The zero-order valence-electron chi connectivity index (χ0n) is 14.7. The number of carboxylic acids is 1. The van der Waals surface area contributed by atoms with Gasteiger partial charge in [-0.1, -0.05) is 43.2 Å². The van der Waals surface area contributed by atoms with Crippen LogP contribution in [0.15, 0.2) is 34.5 Å². The molecule has 138 valence electrons. The van der Waals surface area contributed by atoms with Gasteiger partial charge in [0.15, 0.2) is 5.82 Å². The smallest absolute Gasteiger partial charge is 0.313 e. The van der Waals surface area contributed by atoms with Gasteiger partial charge in [-0.3, -0.25) is 4.79 Å². The van der Waals surface area contributed by atoms with Crippen LogP contribution in [0.3, 0.4) is 0 Å². The van der Waals surface area contributed by atoms with Gasteiger partial charge in [-0.15, -0.1) is 10.2 Å². The maximum absolute atomic E-state index is 10.9. The molecular weight excluding hydrogens is 352 g/mol. The molecule has 0 bridgehead atoms. The minimum atomic E-state index is -0.891. The second-order valence-corrected chi connectivity index (χ2v) is 7.10. The van der Waals surface area contributed by atoms with Gasteiger partial charge in [0.2, 0.25) is 5.16 Å². The number of hydrogen-bond acceptors (Lipinski definition) is 6. The number of thioether (sulfide) groups is 1. The molecule has 8 heteroatoms. The number of carbonyl (C=O) groups is 1. The van der Waals surface area contributed by atoms with E-state index >= 15 is 0 Å². The first-order valence-electron chi connectivity index (χ1n) is 8.66. The van der Waals surface area contributed by atoms with E-state index in [0.717, 1.165) is 41.7 Å². The van der Waals surface area contributed by atoms with Crippen molar-refractivity contribution in [3.63, 3.8) is 0 Å². The fourth-order valence-corrected chi connectivity index (χ4v) is 3.72. The minimum Gasteiger partial charge on any atom is -0.496 e. The number of hydrogen-bond donors (Lipinski definition) is 1. The van der Waals surface area contributed by atoms with Gasteiger partial charge < -0.3 is 9.84 Å². The number of methoxy groups -OCH3 is 1. The number of rotatable bonds is 7. The Morgan fingerprint density at radius 3 is 2.85 bits per heavy atom. The van der Waals surface area contributed by atoms with Crippen LogP contribution < -0.4 is 4.74 Å². The molecule has 2 aromatic rings. The summed E-state index contributed by atoms with van der Waals surface area (Å²) in [5.41, 5.74) is 0.840. The van der Waals surface area contributed by atoms with Gasteiger partial charge in [-0.2, -0.15) is 9.78 Å². The fourth-order valence-electron chi connectivity index (χ4n) is 3.11. The summed E-state index contributed by atoms with van der Waals surface area (Å²) in [5.74, 6) is 0.877. The fraction of sp³-hybridized carbons (Fsp3) is 0.444. The summed E-state index contributed by atoms with van der Waals surface area (Å²) in [4.78, 5) is 10.9. The maximum atomic E-state index is 10.9. The predicted octanol–water partition coefficient (Wildman–Crippen LogP) is 3.39. The first-order chi connectivity index (χ1) is 12.7. The Morgan fingerprint density at radius 1 is 1.35 bits per heavy atom. The highest BCUT2D eigenvalue weighted by atomic mass is 32.2. The van der Waals surface area contributed by atoms with Crippen LogP contribution in [0.4, 0.5) is 0 Å². The van der Waals surface area contributed by atoms with Crippen LogP contribution in [0, 0.1) is 0 Å². The van der Waals surface area contributed by atoms with Crippen molar-refractivity contribution >= 4 is 23.9 Å². The minimum absolute atomic E-state index is 0.0764. The second kappa shape index (κ2) is 8.84. The van der Waals surface area contributed by atoms with Crippen molar-refractivity contribution in [2.24, 2.45) is 5.10 Å². The molecule has 0 saturated heterocycles. The van der Waals surface area contributed by atoms with Crippen LogP contribution in [0.2, 0.25) is 0 Å². The SMILES string of the molecule is COc1ccccc1/C=N\n1c(SCC(=O)O)nnc1C1CCCCC1. The molecule has 7 nitrogen and oxygen atoms in total. The van der Waals surface area contributed by atoms with Crippen molar-refractivity contribution in [2.75, 3.05) is 12.9 Å². The van der Waals surface area contributed by atoms with Crippen LogP contribution in [-0.4, -0.2) is 45.0 Å². The van der Waals surface area contributed by atoms with E-state index in [1.165, 1.54) is 19.3 Å². The average Bonchev–Trinajstić information content (AvgIpc) is 3.08. The Morgan fingerprint density at radius 2 is 2.12 bits per heavy atom. The molecule has 0 amide bonds. The molecule has 1 fully saturated rings. The van der Waals surface area contributed by atoms with E-state index in [4.69, 9.17) is 9.84 Å². The highest BCUT2D eigenvalue weighted by Gasteiger charge is 2.23. The van der Waals surface area contributed by atoms with Crippen molar-refractivity contribution < 1.29 is 14.6 Å². The first kappa shape index (κ1) is 18.4. The summed E-state index contributed by atoms with van der Waals surface area (Å²) in [6, 6.07) is 7.60. The highest BCUT2D eigenvalue weighted by molar-refractivity contribution is 7.99. The Bertz CT molecular complexity index is 784. The molecule has 0 atom stereocenters. The van der Waals surface area contributed by atoms with Gasteiger partial charge in [0.25, 0.3) is 0 Å². The van der Waals surface area contributed by atoms with Gasteiger partial charge >= 0.3 is 5.97 Å². The van der Waals surface area contributed by atoms with Crippen molar-refractivity contribution in [1.82, 2.24) is 14.9 Å². The van der Waals surface area contributed by atoms with Crippen molar-refractivity contribution in [2.45, 2.75) is 43.2 Å². The summed E-state index contributed by atoms with van der Waals surface area (Å²) in [7, 11) is 1.62. The molecule has 1 saturated carbocycles. The normalized spacial score (nSPS) is 15.4. The maximum Gasteiger partial charge on any atom is 0.313 e. The van der Waals surface area contributed by atoms with E-state index in [1.807, 2.05) is 24.3 Å². The number of benzene rings is 1. The van der Waals surface area contributed by atoms with E-state index in [1.54, 1.807) is 18.0 Å². The molecule has 0 aliphatic heterocycles. The Labute approximate surface area is 156 Å². The quantitative estimate of drug-likeness (QED) is 0.590. The molecule has 0 spiro atoms. The number of aliphatic carboxylic acids is 1. The molecule has 1 aromatic heterocycles. The summed E-state index contributed by atoms with van der Waals surface area (Å²) in [6.45, 7) is 0. The summed E-state index contributed by atoms with van der Waals surface area (Å²) < 4.78 is 7.05. The third-order valence-electron chi connectivity index (χ3n) is 4.38. The molecule has 1 heterocycles. The number of ether oxygens (including phenoxy) is 1. The standard InChI is InChI=1S/C18H22N4O3S/c1-25-15-10-6-5-9-14(15)11-19-22-17(13-7-3-2-4-8-13)20-21-18(22)26-12-16(23)24/h5-6,9-11,13H,2-4,7-8,12H2,1H3,(H,23,24)/b19-11-. The largest absolute Gasteiger partial charge is 0.496 e. The summed E-state index contributed by atoms with van der Waals surface area (Å²) in [6.07, 6.45) is 7.42. The number of para-hydroxylation sites is 1. The molecule has 1 aromatic carbocycles. The van der Waals surface area contributed by atoms with Gasteiger partial charge in [-0.05, 0) is 25.0 Å². The van der Waals surface area contributed by atoms with E-state index in [0.29, 0.717) is 11.1 Å². The zero-order valence-corrected chi connectivity index (χ0v) is 15.5. The van der Waals surface area contributed by atoms with Crippen LogP contribution >= 0.6 is 11.8 Å². The Balaban J connectivity index is 1.92. The van der Waals surface area contributed by atoms with Gasteiger partial charge in [0.05, 0.1) is 19.1 Å². The summed E-state index contributed by atoms with van der Waals surface area (Å²) in [5, 5.41) is 22.5. The number of aromatic nitrogens is 3. The van der Waals surface area contributed by atoms with Gasteiger partial charge in [0.1, 0.15) is 5.75 Å². The van der Waals surface area contributed by atoms with Crippen LogP contribution in [0.5, 0.6) is 5.75 Å². The van der Waals surface area contributed by atoms with E-state index in [2.05, 4.69) is 15.3 Å². The second-order valence-electron chi connectivity index (χ2n) is 6.16. The third-order valence-corrected chi connectivity index (χ3v) is 5.29. The third kappa shape index (κ3) is 4.43. The van der Waals surface area contributed by atoms with Crippen molar-refractivity contribution in [3.05, 3.63) is 35.7 Å². The molecule has 1 N–H and O–H groups in total. The Kier molecular flexibility index (Phi) is 6.27. The van der Waals surface area contributed by atoms with E-state index in [9.17, 15) is 4.79 Å². The van der Waals surface area contributed by atoms with Crippen LogP contribution in [0.25, 0.3) is 0 Å². The monoisotopic (exact) mass is 374 g/mol. The van der Waals surface area contributed by atoms with E-state index in [-0.39, 0.29) is 5.75 Å². The highest BCUT2D eigenvalue weighted by Crippen LogP contribution is 2.33. The Hall–Kier alpha value is -2.35. The predicted molar refractivity (Wildman–Crippen MR) is 100 cm³/mol. The first-order valence-corrected chi connectivity index (χ1v) is 9.65. The van der Waals surface area contributed by atoms with Crippen molar-refractivity contribution in [3.8, 4) is 5.75 Å². The zero-order chi connectivity index (χ0) is 18.4. The summed E-state index contributed by atoms with van der Waals surface area (Å²) >= 11 is 1.13. The molecule has 0 unspecified atom stereocenters. The molecule has 26 heavy (non-hydrogen) atoms. The van der Waals surface area contributed by atoms with Gasteiger partial charge in [0, 0.05) is 11.5 Å². The molecule has 3 rings (SSSR count). The number of nitrogens with zero attached hydrogens (tertiary/aromatic N) is 4. The molecular formula is C18H22N4O3S. The van der Waals surface area contributed by atoms with Crippen LogP contribution in [0.1, 0.15) is 49.4 Å². The van der Waals surface area contributed by atoms with Crippen molar-refractivity contribution in [1.29, 1.82) is 0 Å². The topological polar surface area (TPSA) is 89.6 Å². The van der Waals surface area contributed by atoms with E-state index < -0.39 is 5.97 Å². The lowest BCUT2D eigenvalue weighted by Crippen LogP contribution is -2.11. The number of carboxylic acid groups (broad SMARTS) is 1. The lowest BCUT2D eigenvalue weighted by Gasteiger charge is -2.20. The molecule has 0 radical (unpaired) electrons. The lowest BCUT2D eigenvalue weighted by molar-refractivity contribution is -0.133.